The Morgan fingerprint density at radius 3 is 2.43 bits per heavy atom. The third-order valence-electron chi connectivity index (χ3n) is 10.2. The Balaban J connectivity index is 1.14. The topological polar surface area (TPSA) is 74.3 Å². The highest BCUT2D eigenvalue weighted by Gasteiger charge is 2.67. The van der Waals surface area contributed by atoms with Gasteiger partial charge in [-0.1, -0.05) is 38.1 Å². The first-order chi connectivity index (χ1) is 19.8. The largest absolute Gasteiger partial charge is 0.486 e. The summed E-state index contributed by atoms with van der Waals surface area (Å²) in [4.78, 5) is 28.0. The van der Waals surface area contributed by atoms with Crippen molar-refractivity contribution in [2.75, 3.05) is 13.1 Å². The van der Waals surface area contributed by atoms with Gasteiger partial charge >= 0.3 is 13.1 Å². The highest BCUT2D eigenvalue weighted by atomic mass is 16.7. The van der Waals surface area contributed by atoms with Crippen molar-refractivity contribution in [2.45, 2.75) is 97.5 Å². The fourth-order valence-electron chi connectivity index (χ4n) is 7.65. The van der Waals surface area contributed by atoms with E-state index in [4.69, 9.17) is 18.8 Å². The number of likely N-dealkylation sites (tertiary alicyclic amines) is 1. The lowest BCUT2D eigenvalue weighted by molar-refractivity contribution is -0.199. The molecule has 0 N–H and O–H groups in total. The van der Waals surface area contributed by atoms with Crippen LogP contribution in [0.2, 0.25) is 6.32 Å². The summed E-state index contributed by atoms with van der Waals surface area (Å²) in [6.07, 6.45) is 3.70. The fraction of sp³-hybridized carbons (Fsp3) is 0.588. The highest BCUT2D eigenvalue weighted by molar-refractivity contribution is 6.45. The van der Waals surface area contributed by atoms with Crippen LogP contribution in [0.3, 0.4) is 0 Å². The van der Waals surface area contributed by atoms with Crippen LogP contribution in [0.4, 0.5) is 0 Å². The summed E-state index contributed by atoms with van der Waals surface area (Å²) in [5.74, 6) is 1.33. The minimum Gasteiger partial charge on any atom is -0.486 e. The lowest BCUT2D eigenvalue weighted by atomic mass is 9.43. The van der Waals surface area contributed by atoms with Crippen molar-refractivity contribution in [3.8, 4) is 5.75 Å². The summed E-state index contributed by atoms with van der Waals surface area (Å²) >= 11 is 0. The van der Waals surface area contributed by atoms with Gasteiger partial charge < -0.3 is 23.7 Å². The molecule has 7 rings (SSSR count). The first-order valence-electron chi connectivity index (χ1n) is 15.5. The highest BCUT2D eigenvalue weighted by Crippen LogP contribution is 2.65. The summed E-state index contributed by atoms with van der Waals surface area (Å²) in [5.41, 5.74) is 2.46. The number of esters is 1. The predicted molar refractivity (Wildman–Crippen MR) is 162 cm³/mol. The summed E-state index contributed by atoms with van der Waals surface area (Å²) < 4.78 is 25.2. The number of hydrogen-bond donors (Lipinski definition) is 0. The van der Waals surface area contributed by atoms with Gasteiger partial charge in [-0.25, -0.2) is 4.79 Å². The normalized spacial score (nSPS) is 28.0. The minimum atomic E-state index is -0.641. The van der Waals surface area contributed by atoms with E-state index in [0.717, 1.165) is 30.3 Å². The van der Waals surface area contributed by atoms with Gasteiger partial charge in [0.1, 0.15) is 23.0 Å². The number of carbonyl (C=O) groups excluding carboxylic acids is 2. The van der Waals surface area contributed by atoms with Crippen LogP contribution in [-0.4, -0.2) is 60.4 Å². The molecule has 2 heterocycles. The number of hydrogen-bond acceptors (Lipinski definition) is 6. The van der Waals surface area contributed by atoms with Gasteiger partial charge in [-0.3, -0.25) is 4.79 Å². The molecule has 2 aromatic rings. The van der Waals surface area contributed by atoms with Gasteiger partial charge in [0.2, 0.25) is 0 Å². The molecule has 3 saturated carbocycles. The van der Waals surface area contributed by atoms with Crippen LogP contribution in [0.5, 0.6) is 5.75 Å². The average Bonchev–Trinajstić information content (AvgIpc) is 3.25. The summed E-state index contributed by atoms with van der Waals surface area (Å²) in [5, 5.41) is 0. The first-order valence-corrected chi connectivity index (χ1v) is 15.5. The molecule has 0 aromatic heterocycles. The Hall–Kier alpha value is -2.84. The lowest BCUT2D eigenvalue weighted by Gasteiger charge is -2.64. The van der Waals surface area contributed by atoms with Crippen molar-refractivity contribution in [3.63, 3.8) is 0 Å². The maximum atomic E-state index is 13.5. The minimum absolute atomic E-state index is 0.0137. The third-order valence-corrected chi connectivity index (χ3v) is 10.2. The SMILES string of the molecule is Cc1c(CCB2O[C@@H]3C[C@@H]4C[C@@H](C4(C)C)[C@]3(C)O2)ccc(OC2CN(C(=O)c3ccccc3)C2)c1C(=O)OC(C)(C)C. The number of aryl methyl sites for hydroxylation is 1. The molecule has 3 aliphatic carbocycles. The molecule has 5 aliphatic rings. The first kappa shape index (κ1) is 29.2. The van der Waals surface area contributed by atoms with Crippen LogP contribution in [0.25, 0.3) is 0 Å². The molecule has 7 nitrogen and oxygen atoms in total. The molecule has 2 aliphatic heterocycles. The van der Waals surface area contributed by atoms with E-state index in [0.29, 0.717) is 47.2 Å². The van der Waals surface area contributed by atoms with Gasteiger partial charge in [0.15, 0.2) is 0 Å². The molecule has 0 spiro atoms. The quantitative estimate of drug-likeness (QED) is 0.293. The molecule has 0 radical (unpaired) electrons. The smallest absolute Gasteiger partial charge is 0.457 e. The maximum absolute atomic E-state index is 13.5. The predicted octanol–water partition coefficient (Wildman–Crippen LogP) is 6.12. The molecule has 8 heteroatoms. The van der Waals surface area contributed by atoms with Crippen LogP contribution < -0.4 is 4.74 Å². The van der Waals surface area contributed by atoms with E-state index >= 15 is 0 Å². The Morgan fingerprint density at radius 2 is 1.76 bits per heavy atom. The lowest BCUT2D eigenvalue weighted by Crippen LogP contribution is -2.65. The zero-order valence-corrected chi connectivity index (χ0v) is 26.1. The Morgan fingerprint density at radius 1 is 1.05 bits per heavy atom. The van der Waals surface area contributed by atoms with Crippen molar-refractivity contribution in [1.29, 1.82) is 0 Å². The van der Waals surface area contributed by atoms with Crippen molar-refractivity contribution in [2.24, 2.45) is 17.3 Å². The van der Waals surface area contributed by atoms with Crippen molar-refractivity contribution < 1.29 is 28.4 Å². The van der Waals surface area contributed by atoms with Gasteiger partial charge in [-0.05, 0) is 107 Å². The van der Waals surface area contributed by atoms with E-state index in [-0.39, 0.29) is 30.8 Å². The van der Waals surface area contributed by atoms with E-state index in [1.807, 2.05) is 70.2 Å². The second kappa shape index (κ2) is 10.4. The van der Waals surface area contributed by atoms with Crippen molar-refractivity contribution in [1.82, 2.24) is 4.90 Å². The summed E-state index contributed by atoms with van der Waals surface area (Å²) in [6, 6.07) is 13.2. The molecule has 0 unspecified atom stereocenters. The number of nitrogens with zero attached hydrogens (tertiary/aromatic N) is 1. The molecule has 4 atom stereocenters. The van der Waals surface area contributed by atoms with Crippen LogP contribution in [0, 0.1) is 24.2 Å². The molecule has 5 fully saturated rings. The maximum Gasteiger partial charge on any atom is 0.457 e. The zero-order valence-electron chi connectivity index (χ0n) is 26.1. The van der Waals surface area contributed by atoms with Gasteiger partial charge in [0.05, 0.1) is 24.8 Å². The fourth-order valence-corrected chi connectivity index (χ4v) is 7.65. The van der Waals surface area contributed by atoms with Crippen LogP contribution in [0.15, 0.2) is 42.5 Å². The van der Waals surface area contributed by atoms with Crippen molar-refractivity contribution >= 4 is 19.0 Å². The third kappa shape index (κ3) is 5.15. The van der Waals surface area contributed by atoms with Crippen LogP contribution >= 0.6 is 0 Å². The number of rotatable bonds is 7. The van der Waals surface area contributed by atoms with Crippen LogP contribution in [0.1, 0.15) is 86.2 Å². The number of amides is 1. The molecular formula is C34H44BNO6. The number of benzene rings is 2. The average molecular weight is 574 g/mol. The second-order valence-corrected chi connectivity index (χ2v) is 14.5. The van der Waals surface area contributed by atoms with Gasteiger partial charge in [-0.2, -0.15) is 0 Å². The standard InChI is InChI=1S/C34H44BNO6/c1-21-22(15-16-35-41-28-18-24-17-27(33(24,5)6)34(28,7)42-35)13-14-26(29(21)31(38)40-32(2,3)4)39-25-19-36(20-25)30(37)23-11-9-8-10-12-23/h8-14,24-25,27-28H,15-20H2,1-7H3/t24-,27-,28+,34-/m0/s1. The van der Waals surface area contributed by atoms with E-state index in [2.05, 4.69) is 20.8 Å². The van der Waals surface area contributed by atoms with Gasteiger partial charge in [0, 0.05) is 5.56 Å². The van der Waals surface area contributed by atoms with Crippen LogP contribution in [-0.2, 0) is 20.5 Å². The zero-order chi connectivity index (χ0) is 30.0. The summed E-state index contributed by atoms with van der Waals surface area (Å²) in [6.45, 7) is 15.5. The molecular weight excluding hydrogens is 529 g/mol. The van der Waals surface area contributed by atoms with E-state index in [1.54, 1.807) is 4.90 Å². The monoisotopic (exact) mass is 573 g/mol. The Kier molecular flexibility index (Phi) is 7.25. The molecule has 2 bridgehead atoms. The van der Waals surface area contributed by atoms with Gasteiger partial charge in [-0.15, -0.1) is 0 Å². The second-order valence-electron chi connectivity index (χ2n) is 14.5. The molecule has 42 heavy (non-hydrogen) atoms. The van der Waals surface area contributed by atoms with E-state index in [9.17, 15) is 9.59 Å². The van der Waals surface area contributed by atoms with E-state index < -0.39 is 11.6 Å². The van der Waals surface area contributed by atoms with Gasteiger partial charge in [0.25, 0.3) is 5.91 Å². The summed E-state index contributed by atoms with van der Waals surface area (Å²) in [7, 11) is -0.251. The molecule has 2 aromatic carbocycles. The molecule has 2 saturated heterocycles. The number of ether oxygens (including phenoxy) is 2. The molecule has 224 valence electrons. The Bertz CT molecular complexity index is 1360. The Labute approximate surface area is 250 Å². The molecule has 1 amide bonds. The van der Waals surface area contributed by atoms with Crippen molar-refractivity contribution in [3.05, 3.63) is 64.7 Å². The van der Waals surface area contributed by atoms with E-state index in [1.165, 1.54) is 6.42 Å². The number of carbonyl (C=O) groups is 2.